The second kappa shape index (κ2) is 5.22. The highest BCUT2D eigenvalue weighted by Crippen LogP contribution is 2.03. The number of aromatic nitrogens is 2. The number of hydrogen-bond donors (Lipinski definition) is 0. The van der Waals surface area contributed by atoms with E-state index in [1.54, 1.807) is 28.4 Å². The molecule has 2 nitrogen and oxygen atoms in total. The SMILES string of the molecule is C=C/C=C(\C=C/C=S)n1cccn1. The van der Waals surface area contributed by atoms with E-state index >= 15 is 0 Å². The summed E-state index contributed by atoms with van der Waals surface area (Å²) in [4.78, 5) is 0. The second-order valence-corrected chi connectivity index (χ2v) is 2.55. The first-order valence-electron chi connectivity index (χ1n) is 3.83. The fourth-order valence-electron chi connectivity index (χ4n) is 0.888. The Morgan fingerprint density at radius 1 is 1.54 bits per heavy atom. The van der Waals surface area contributed by atoms with E-state index in [9.17, 15) is 0 Å². The Labute approximate surface area is 82.9 Å². The van der Waals surface area contributed by atoms with Gasteiger partial charge < -0.3 is 0 Å². The van der Waals surface area contributed by atoms with E-state index < -0.39 is 0 Å². The van der Waals surface area contributed by atoms with Crippen LogP contribution in [0.5, 0.6) is 0 Å². The predicted molar refractivity (Wildman–Crippen MR) is 59.5 cm³/mol. The Bertz CT molecular complexity index is 334. The van der Waals surface area contributed by atoms with E-state index in [-0.39, 0.29) is 0 Å². The molecular weight excluding hydrogens is 180 g/mol. The molecule has 0 bridgehead atoms. The normalized spacial score (nSPS) is 11.8. The average molecular weight is 190 g/mol. The molecule has 0 saturated carbocycles. The smallest absolute Gasteiger partial charge is 0.0645 e. The van der Waals surface area contributed by atoms with Crippen molar-refractivity contribution in [1.29, 1.82) is 0 Å². The summed E-state index contributed by atoms with van der Waals surface area (Å²) in [5, 5.41) is 5.65. The lowest BCUT2D eigenvalue weighted by Gasteiger charge is -1.99. The molecule has 0 radical (unpaired) electrons. The Hall–Kier alpha value is -1.48. The van der Waals surface area contributed by atoms with Gasteiger partial charge in [-0.1, -0.05) is 24.9 Å². The zero-order valence-electron chi connectivity index (χ0n) is 7.13. The minimum Gasteiger partial charge on any atom is -0.241 e. The number of hydrogen-bond acceptors (Lipinski definition) is 2. The predicted octanol–water partition coefficient (Wildman–Crippen LogP) is 2.47. The van der Waals surface area contributed by atoms with E-state index in [1.807, 2.05) is 24.4 Å². The van der Waals surface area contributed by atoms with Gasteiger partial charge in [0.15, 0.2) is 0 Å². The van der Waals surface area contributed by atoms with Gasteiger partial charge in [-0.25, -0.2) is 4.68 Å². The van der Waals surface area contributed by atoms with Gasteiger partial charge in [0.1, 0.15) is 0 Å². The summed E-state index contributed by atoms with van der Waals surface area (Å²) >= 11 is 4.69. The van der Waals surface area contributed by atoms with E-state index in [1.165, 1.54) is 0 Å². The quantitative estimate of drug-likeness (QED) is 0.412. The first kappa shape index (κ1) is 9.61. The van der Waals surface area contributed by atoms with Crippen molar-refractivity contribution >= 4 is 23.3 Å². The standard InChI is InChI=1S/C10H10N2S/c1-2-5-10(6-3-9-13)12-8-4-7-11-12/h2-9H,1H2/b6-3-,10-5+. The molecule has 0 saturated heterocycles. The highest BCUT2D eigenvalue weighted by Gasteiger charge is 1.92. The molecule has 0 aliphatic rings. The van der Waals surface area contributed by atoms with Crippen LogP contribution in [0.2, 0.25) is 0 Å². The first-order valence-corrected chi connectivity index (χ1v) is 4.30. The zero-order valence-corrected chi connectivity index (χ0v) is 7.95. The van der Waals surface area contributed by atoms with Crippen LogP contribution in [0.4, 0.5) is 0 Å². The minimum atomic E-state index is 0.932. The van der Waals surface area contributed by atoms with Crippen molar-refractivity contribution in [2.75, 3.05) is 0 Å². The molecule has 0 spiro atoms. The van der Waals surface area contributed by atoms with Crippen LogP contribution in [-0.2, 0) is 0 Å². The third-order valence-corrected chi connectivity index (χ3v) is 1.56. The van der Waals surface area contributed by atoms with Crippen LogP contribution in [0.25, 0.3) is 5.70 Å². The molecule has 0 fully saturated rings. The molecule has 0 atom stereocenters. The van der Waals surface area contributed by atoms with Crippen molar-refractivity contribution in [2.45, 2.75) is 0 Å². The molecule has 1 rings (SSSR count). The average Bonchev–Trinajstić information content (AvgIpc) is 2.65. The van der Waals surface area contributed by atoms with E-state index in [0.29, 0.717) is 0 Å². The van der Waals surface area contributed by atoms with Gasteiger partial charge in [-0.15, -0.1) is 0 Å². The van der Waals surface area contributed by atoms with Crippen molar-refractivity contribution in [3.63, 3.8) is 0 Å². The van der Waals surface area contributed by atoms with Crippen LogP contribution in [-0.4, -0.2) is 15.1 Å². The number of allylic oxidation sites excluding steroid dienone is 5. The Morgan fingerprint density at radius 3 is 2.92 bits per heavy atom. The molecule has 0 aliphatic heterocycles. The molecule has 1 heterocycles. The summed E-state index contributed by atoms with van der Waals surface area (Å²) in [6, 6.07) is 1.86. The number of nitrogens with zero attached hydrogens (tertiary/aromatic N) is 2. The van der Waals surface area contributed by atoms with Gasteiger partial charge in [0.25, 0.3) is 0 Å². The molecule has 66 valence electrons. The number of thiocarbonyl (C=S) groups is 1. The summed E-state index contributed by atoms with van der Waals surface area (Å²) in [6.45, 7) is 3.63. The molecule has 3 heteroatoms. The van der Waals surface area contributed by atoms with Crippen LogP contribution in [0, 0.1) is 0 Å². The third kappa shape index (κ3) is 2.80. The van der Waals surface area contributed by atoms with Crippen molar-refractivity contribution in [1.82, 2.24) is 9.78 Å². The van der Waals surface area contributed by atoms with Crippen LogP contribution in [0.15, 0.2) is 49.3 Å². The van der Waals surface area contributed by atoms with Crippen LogP contribution < -0.4 is 0 Å². The summed E-state index contributed by atoms with van der Waals surface area (Å²) in [6.07, 6.45) is 10.8. The highest BCUT2D eigenvalue weighted by atomic mass is 32.1. The summed E-state index contributed by atoms with van der Waals surface area (Å²) in [5.41, 5.74) is 0.932. The van der Waals surface area contributed by atoms with Crippen LogP contribution in [0.1, 0.15) is 0 Å². The summed E-state index contributed by atoms with van der Waals surface area (Å²) < 4.78 is 1.75. The zero-order chi connectivity index (χ0) is 9.52. The van der Waals surface area contributed by atoms with Crippen molar-refractivity contribution in [3.8, 4) is 0 Å². The van der Waals surface area contributed by atoms with Crippen LogP contribution in [0.3, 0.4) is 0 Å². The maximum atomic E-state index is 4.69. The molecule has 0 aromatic carbocycles. The van der Waals surface area contributed by atoms with E-state index in [4.69, 9.17) is 0 Å². The van der Waals surface area contributed by atoms with Gasteiger partial charge in [0, 0.05) is 17.8 Å². The lowest BCUT2D eigenvalue weighted by molar-refractivity contribution is 0.910. The molecular formula is C10H10N2S. The monoisotopic (exact) mass is 190 g/mol. The lowest BCUT2D eigenvalue weighted by atomic mass is 10.3. The Balaban J connectivity index is 2.93. The number of rotatable bonds is 4. The van der Waals surface area contributed by atoms with Gasteiger partial charge >= 0.3 is 0 Å². The minimum absolute atomic E-state index is 0.932. The highest BCUT2D eigenvalue weighted by molar-refractivity contribution is 7.79. The van der Waals surface area contributed by atoms with Crippen molar-refractivity contribution < 1.29 is 0 Å². The topological polar surface area (TPSA) is 17.8 Å². The van der Waals surface area contributed by atoms with Crippen molar-refractivity contribution in [3.05, 3.63) is 49.3 Å². The molecule has 0 amide bonds. The Morgan fingerprint density at radius 2 is 2.38 bits per heavy atom. The van der Waals surface area contributed by atoms with Gasteiger partial charge in [-0.3, -0.25) is 0 Å². The molecule has 0 aliphatic carbocycles. The van der Waals surface area contributed by atoms with Crippen LogP contribution >= 0.6 is 12.2 Å². The fraction of sp³-hybridized carbons (Fsp3) is 0. The second-order valence-electron chi connectivity index (χ2n) is 2.27. The maximum Gasteiger partial charge on any atom is 0.0645 e. The summed E-state index contributed by atoms with van der Waals surface area (Å²) in [5.74, 6) is 0. The molecule has 0 N–H and O–H groups in total. The van der Waals surface area contributed by atoms with E-state index in [2.05, 4.69) is 23.9 Å². The maximum absolute atomic E-state index is 4.69. The lowest BCUT2D eigenvalue weighted by Crippen LogP contribution is -1.93. The van der Waals surface area contributed by atoms with Gasteiger partial charge in [-0.05, 0) is 24.3 Å². The van der Waals surface area contributed by atoms with Gasteiger partial charge in [0.05, 0.1) is 5.70 Å². The molecule has 13 heavy (non-hydrogen) atoms. The molecule has 0 unspecified atom stereocenters. The van der Waals surface area contributed by atoms with E-state index in [0.717, 1.165) is 5.70 Å². The summed E-state index contributed by atoms with van der Waals surface area (Å²) in [7, 11) is 0. The largest absolute Gasteiger partial charge is 0.241 e. The van der Waals surface area contributed by atoms with Gasteiger partial charge in [0.2, 0.25) is 0 Å². The molecule has 1 aromatic rings. The molecule has 1 aromatic heterocycles. The first-order chi connectivity index (χ1) is 6.38. The van der Waals surface area contributed by atoms with Crippen molar-refractivity contribution in [2.24, 2.45) is 0 Å². The third-order valence-electron chi connectivity index (χ3n) is 1.40. The Kier molecular flexibility index (Phi) is 3.85. The fourth-order valence-corrected chi connectivity index (χ4v) is 0.967. The van der Waals surface area contributed by atoms with Gasteiger partial charge in [-0.2, -0.15) is 5.10 Å².